The highest BCUT2D eigenvalue weighted by Gasteiger charge is 2.38. The van der Waals surface area contributed by atoms with Crippen LogP contribution >= 0.6 is 0 Å². The maximum absolute atomic E-state index is 13.2. The van der Waals surface area contributed by atoms with Crippen molar-refractivity contribution in [2.45, 2.75) is 25.9 Å². The smallest absolute Gasteiger partial charge is 0.364 e. The standard InChI is InChI=1S/C25H28N6O5/c1-25(2)14-34-15-30(25)24(33)31-26-19-5-4-18(12-20(19)27-31)23(32)29-9-7-28(8-10-29)13-17-3-6-21-22(11-17)36-16-35-21/h3-6,11-12H,7-10,13-16H2,1-2H3. The number of carbonyl (C=O) groups excluding carboxylic acids is 2. The number of rotatable bonds is 3. The molecule has 188 valence electrons. The Balaban J connectivity index is 1.10. The highest BCUT2D eigenvalue weighted by molar-refractivity contribution is 5.97. The average molecular weight is 493 g/mol. The summed E-state index contributed by atoms with van der Waals surface area (Å²) in [5.74, 6) is 1.52. The lowest BCUT2D eigenvalue weighted by molar-refractivity contribution is 0.0628. The fourth-order valence-corrected chi connectivity index (χ4v) is 4.78. The van der Waals surface area contributed by atoms with E-state index < -0.39 is 5.54 Å². The van der Waals surface area contributed by atoms with Crippen molar-refractivity contribution in [2.24, 2.45) is 0 Å². The van der Waals surface area contributed by atoms with E-state index in [1.54, 1.807) is 23.1 Å². The summed E-state index contributed by atoms with van der Waals surface area (Å²) < 4.78 is 16.3. The number of amides is 2. The van der Waals surface area contributed by atoms with Gasteiger partial charge >= 0.3 is 6.03 Å². The Morgan fingerprint density at radius 3 is 2.50 bits per heavy atom. The van der Waals surface area contributed by atoms with Gasteiger partial charge in [-0.3, -0.25) is 14.6 Å². The summed E-state index contributed by atoms with van der Waals surface area (Å²) in [6.45, 7) is 8.43. The van der Waals surface area contributed by atoms with E-state index >= 15 is 0 Å². The van der Waals surface area contributed by atoms with Gasteiger partial charge in [0.25, 0.3) is 5.91 Å². The number of ether oxygens (including phenoxy) is 3. The number of hydrogen-bond acceptors (Lipinski definition) is 8. The predicted octanol–water partition coefficient (Wildman–Crippen LogP) is 2.15. The zero-order chi connectivity index (χ0) is 24.9. The Bertz CT molecular complexity index is 1330. The Kier molecular flexibility index (Phi) is 5.53. The molecule has 0 aliphatic carbocycles. The summed E-state index contributed by atoms with van der Waals surface area (Å²) in [5, 5.41) is 8.67. The second kappa shape index (κ2) is 8.75. The SMILES string of the molecule is CC1(C)COCN1C(=O)n1nc2ccc(C(=O)N3CCN(Cc4ccc5c(c4)OCO5)CC3)cc2n1. The van der Waals surface area contributed by atoms with E-state index in [1.807, 2.05) is 30.9 Å². The van der Waals surface area contributed by atoms with Crippen molar-refractivity contribution in [3.8, 4) is 11.5 Å². The minimum absolute atomic E-state index is 0.0467. The van der Waals surface area contributed by atoms with Gasteiger partial charge in [0.2, 0.25) is 6.79 Å². The molecule has 0 N–H and O–H groups in total. The Hall–Kier alpha value is -3.70. The fraction of sp³-hybridized carbons (Fsp3) is 0.440. The first-order chi connectivity index (χ1) is 17.4. The molecule has 1 aromatic heterocycles. The van der Waals surface area contributed by atoms with Crippen molar-refractivity contribution in [2.75, 3.05) is 46.3 Å². The van der Waals surface area contributed by atoms with Crippen molar-refractivity contribution in [1.29, 1.82) is 0 Å². The van der Waals surface area contributed by atoms with Gasteiger partial charge in [0, 0.05) is 38.3 Å². The van der Waals surface area contributed by atoms with E-state index in [1.165, 1.54) is 0 Å². The van der Waals surface area contributed by atoms with Gasteiger partial charge in [-0.05, 0) is 49.7 Å². The maximum Gasteiger partial charge on any atom is 0.364 e. The molecule has 2 saturated heterocycles. The summed E-state index contributed by atoms with van der Waals surface area (Å²) in [5.41, 5.74) is 2.34. The van der Waals surface area contributed by atoms with E-state index in [4.69, 9.17) is 14.2 Å². The largest absolute Gasteiger partial charge is 0.454 e. The van der Waals surface area contributed by atoms with Crippen molar-refractivity contribution in [3.05, 3.63) is 47.5 Å². The van der Waals surface area contributed by atoms with Crippen LogP contribution in [0.2, 0.25) is 0 Å². The second-order valence-electron chi connectivity index (χ2n) is 9.95. The van der Waals surface area contributed by atoms with Gasteiger partial charge in [-0.15, -0.1) is 10.2 Å². The summed E-state index contributed by atoms with van der Waals surface area (Å²) in [4.78, 5) is 33.0. The van der Waals surface area contributed by atoms with Crippen molar-refractivity contribution in [3.63, 3.8) is 0 Å². The van der Waals surface area contributed by atoms with Crippen molar-refractivity contribution >= 4 is 23.0 Å². The lowest BCUT2D eigenvalue weighted by Crippen LogP contribution is -2.48. The van der Waals surface area contributed by atoms with Crippen LogP contribution in [0.15, 0.2) is 36.4 Å². The zero-order valence-corrected chi connectivity index (χ0v) is 20.3. The number of benzene rings is 2. The Morgan fingerprint density at radius 2 is 1.72 bits per heavy atom. The third kappa shape index (κ3) is 4.14. The van der Waals surface area contributed by atoms with Crippen LogP contribution in [0.1, 0.15) is 29.8 Å². The van der Waals surface area contributed by atoms with Crippen LogP contribution in [0.3, 0.4) is 0 Å². The zero-order valence-electron chi connectivity index (χ0n) is 20.3. The molecule has 0 radical (unpaired) electrons. The van der Waals surface area contributed by atoms with E-state index in [-0.39, 0.29) is 25.5 Å². The number of carbonyl (C=O) groups is 2. The molecule has 3 aliphatic heterocycles. The minimum Gasteiger partial charge on any atom is -0.454 e. The third-order valence-electron chi connectivity index (χ3n) is 6.94. The van der Waals surface area contributed by atoms with E-state index in [2.05, 4.69) is 21.2 Å². The second-order valence-corrected chi connectivity index (χ2v) is 9.95. The van der Waals surface area contributed by atoms with E-state index in [9.17, 15) is 9.59 Å². The quantitative estimate of drug-likeness (QED) is 0.548. The van der Waals surface area contributed by atoms with Gasteiger partial charge in [0.15, 0.2) is 11.5 Å². The summed E-state index contributed by atoms with van der Waals surface area (Å²) >= 11 is 0. The van der Waals surface area contributed by atoms with E-state index in [0.29, 0.717) is 36.3 Å². The van der Waals surface area contributed by atoms with Crippen molar-refractivity contribution < 1.29 is 23.8 Å². The van der Waals surface area contributed by atoms with Gasteiger partial charge in [-0.2, -0.15) is 0 Å². The number of fused-ring (bicyclic) bond motifs is 2. The van der Waals surface area contributed by atoms with Gasteiger partial charge in [-0.1, -0.05) is 10.9 Å². The molecule has 0 bridgehead atoms. The highest BCUT2D eigenvalue weighted by atomic mass is 16.7. The molecule has 3 aliphatic rings. The van der Waals surface area contributed by atoms with Crippen LogP contribution in [-0.4, -0.2) is 93.5 Å². The first-order valence-electron chi connectivity index (χ1n) is 12.0. The lowest BCUT2D eigenvalue weighted by Gasteiger charge is -2.34. The number of aromatic nitrogens is 3. The van der Waals surface area contributed by atoms with Crippen LogP contribution in [0, 0.1) is 0 Å². The predicted molar refractivity (Wildman–Crippen MR) is 129 cm³/mol. The molecule has 0 saturated carbocycles. The van der Waals surface area contributed by atoms with Gasteiger partial charge in [0.05, 0.1) is 12.1 Å². The summed E-state index contributed by atoms with van der Waals surface area (Å²) in [6.07, 6.45) is 0. The molecule has 0 spiro atoms. The Labute approximate surface area is 208 Å². The van der Waals surface area contributed by atoms with Gasteiger partial charge in [-0.25, -0.2) is 4.79 Å². The maximum atomic E-state index is 13.2. The molecule has 11 nitrogen and oxygen atoms in total. The normalized spacial score (nSPS) is 19.3. The lowest BCUT2D eigenvalue weighted by atomic mass is 10.1. The molecule has 2 amide bonds. The van der Waals surface area contributed by atoms with Crippen molar-refractivity contribution in [1.82, 2.24) is 29.7 Å². The first-order valence-corrected chi connectivity index (χ1v) is 12.0. The van der Waals surface area contributed by atoms with Crippen LogP contribution in [0.25, 0.3) is 11.0 Å². The molecule has 0 atom stereocenters. The number of hydrogen-bond donors (Lipinski definition) is 0. The number of piperazine rings is 1. The monoisotopic (exact) mass is 492 g/mol. The minimum atomic E-state index is -0.428. The molecule has 2 aromatic carbocycles. The van der Waals surface area contributed by atoms with Crippen LogP contribution in [0.4, 0.5) is 4.79 Å². The molecule has 11 heteroatoms. The Morgan fingerprint density at radius 1 is 0.944 bits per heavy atom. The number of nitrogens with zero attached hydrogens (tertiary/aromatic N) is 6. The molecule has 2 fully saturated rings. The first kappa shape index (κ1) is 22.7. The molecule has 0 unspecified atom stereocenters. The summed E-state index contributed by atoms with van der Waals surface area (Å²) in [7, 11) is 0. The van der Waals surface area contributed by atoms with Crippen LogP contribution in [-0.2, 0) is 11.3 Å². The molecular formula is C25H28N6O5. The van der Waals surface area contributed by atoms with Gasteiger partial charge < -0.3 is 19.1 Å². The average Bonchev–Trinajstić information content (AvgIpc) is 3.60. The highest BCUT2D eigenvalue weighted by Crippen LogP contribution is 2.33. The molecule has 3 aromatic rings. The topological polar surface area (TPSA) is 102 Å². The fourth-order valence-electron chi connectivity index (χ4n) is 4.78. The van der Waals surface area contributed by atoms with Crippen LogP contribution < -0.4 is 9.47 Å². The third-order valence-corrected chi connectivity index (χ3v) is 6.94. The van der Waals surface area contributed by atoms with E-state index in [0.717, 1.165) is 41.5 Å². The van der Waals surface area contributed by atoms with Crippen LogP contribution in [0.5, 0.6) is 11.5 Å². The molecule has 6 rings (SSSR count). The molecule has 36 heavy (non-hydrogen) atoms. The summed E-state index contributed by atoms with van der Waals surface area (Å²) in [6, 6.07) is 10.9. The molecular weight excluding hydrogens is 464 g/mol. The molecule has 4 heterocycles. The van der Waals surface area contributed by atoms with Gasteiger partial charge in [0.1, 0.15) is 17.8 Å².